The summed E-state index contributed by atoms with van der Waals surface area (Å²) < 4.78 is 36.7. The maximum Gasteiger partial charge on any atom is 0.312 e. The van der Waals surface area contributed by atoms with Gasteiger partial charge < -0.3 is 25.6 Å². The Balaban J connectivity index is 0. The summed E-state index contributed by atoms with van der Waals surface area (Å²) in [6.07, 6.45) is 2.23. The Bertz CT molecular complexity index is 755. The van der Waals surface area contributed by atoms with Crippen molar-refractivity contribution in [2.24, 2.45) is 0 Å². The van der Waals surface area contributed by atoms with Gasteiger partial charge in [0, 0.05) is 20.3 Å². The molecule has 0 aromatic rings. The third-order valence-corrected chi connectivity index (χ3v) is 33.6. The summed E-state index contributed by atoms with van der Waals surface area (Å²) in [4.78, 5) is 0. The maximum absolute atomic E-state index is 6.46. The van der Waals surface area contributed by atoms with Gasteiger partial charge in [-0.3, -0.25) is 0 Å². The summed E-state index contributed by atoms with van der Waals surface area (Å²) in [5.74, 6) is 0. The lowest BCUT2D eigenvalue weighted by atomic mass is 10.2. The summed E-state index contributed by atoms with van der Waals surface area (Å²) in [6.45, 7) is 47.2. The second-order valence-electron chi connectivity index (χ2n) is 17.6. The molecule has 0 amide bonds. The summed E-state index contributed by atoms with van der Waals surface area (Å²) in [7, 11) is -9.68. The van der Waals surface area contributed by atoms with Crippen molar-refractivity contribution >= 4 is 59.4 Å². The van der Waals surface area contributed by atoms with Gasteiger partial charge in [-0.05, 0) is 127 Å². The number of rotatable bonds is 17. The van der Waals surface area contributed by atoms with Crippen molar-refractivity contribution in [1.29, 1.82) is 0 Å². The molecule has 0 N–H and O–H groups in total. The van der Waals surface area contributed by atoms with E-state index in [1.54, 1.807) is 7.11 Å². The van der Waals surface area contributed by atoms with E-state index in [1.807, 2.05) is 0 Å². The minimum Gasteiger partial charge on any atom is -0.456 e. The fourth-order valence-corrected chi connectivity index (χ4v) is 25.3. The molecule has 0 aromatic heterocycles. The third-order valence-electron chi connectivity index (χ3n) is 8.27. The monoisotopic (exact) mass is 716 g/mol. The quantitative estimate of drug-likeness (QED) is 0.110. The second-order valence-corrected chi connectivity index (χ2v) is 46.4. The normalized spacial score (nSPS) is 15.4. The molecule has 0 aliphatic heterocycles. The Kier molecular flexibility index (Phi) is 18.8. The van der Waals surface area contributed by atoms with E-state index in [1.165, 1.54) is 6.04 Å². The van der Waals surface area contributed by atoms with E-state index in [2.05, 4.69) is 133 Å². The molecule has 0 aliphatic carbocycles. The van der Waals surface area contributed by atoms with E-state index < -0.39 is 59.4 Å². The van der Waals surface area contributed by atoms with Gasteiger partial charge in [0.25, 0.3) is 0 Å². The van der Waals surface area contributed by atoms with E-state index in [4.69, 9.17) is 25.6 Å². The molecular formula is C29H76O6Si7. The van der Waals surface area contributed by atoms with Gasteiger partial charge >= 0.3 is 17.8 Å². The van der Waals surface area contributed by atoms with Crippen molar-refractivity contribution in [2.75, 3.05) is 20.3 Å². The predicted octanol–water partition coefficient (Wildman–Crippen LogP) is 10.3. The minimum atomic E-state index is -2.08. The van der Waals surface area contributed by atoms with E-state index in [-0.39, 0.29) is 5.04 Å². The SMILES string of the molecule is CC(C)(C)[Si](C)(C)OCCC[Si](C)(C)O[Si](C)(C)C.CO[SiH](C)O[Si](C)(C)O[Si](C)(C)CCCO[Si](C)(C)C(C)(C)C. The van der Waals surface area contributed by atoms with Crippen molar-refractivity contribution in [3.63, 3.8) is 0 Å². The van der Waals surface area contributed by atoms with Gasteiger partial charge in [-0.15, -0.1) is 0 Å². The molecule has 0 radical (unpaired) electrons. The van der Waals surface area contributed by atoms with Crippen molar-refractivity contribution in [2.45, 2.75) is 168 Å². The molecule has 13 heteroatoms. The van der Waals surface area contributed by atoms with E-state index in [0.29, 0.717) is 5.04 Å². The molecule has 42 heavy (non-hydrogen) atoms. The first-order valence-corrected chi connectivity index (χ1v) is 36.5. The lowest BCUT2D eigenvalue weighted by Gasteiger charge is -2.37. The van der Waals surface area contributed by atoms with Crippen molar-refractivity contribution in [3.8, 4) is 0 Å². The first-order valence-electron chi connectivity index (χ1n) is 16.2. The molecule has 1 atom stereocenters. The lowest BCUT2D eigenvalue weighted by molar-refractivity contribution is 0.282. The molecule has 0 saturated heterocycles. The van der Waals surface area contributed by atoms with Crippen LogP contribution in [-0.4, -0.2) is 79.8 Å². The fourth-order valence-electron chi connectivity index (χ4n) is 4.15. The molecule has 0 fully saturated rings. The Morgan fingerprint density at radius 1 is 0.548 bits per heavy atom. The van der Waals surface area contributed by atoms with Crippen LogP contribution in [0.5, 0.6) is 0 Å². The van der Waals surface area contributed by atoms with Gasteiger partial charge in [0.15, 0.2) is 41.6 Å². The van der Waals surface area contributed by atoms with Crippen LogP contribution in [0.25, 0.3) is 0 Å². The largest absolute Gasteiger partial charge is 0.456 e. The van der Waals surface area contributed by atoms with Crippen molar-refractivity contribution in [1.82, 2.24) is 0 Å². The molecule has 0 aromatic carbocycles. The Labute approximate surface area is 272 Å². The van der Waals surface area contributed by atoms with Crippen LogP contribution in [0.2, 0.25) is 114 Å². The van der Waals surface area contributed by atoms with Crippen LogP contribution >= 0.6 is 0 Å². The lowest BCUT2D eigenvalue weighted by Crippen LogP contribution is -2.49. The molecular weight excluding hydrogens is 641 g/mol. The van der Waals surface area contributed by atoms with Crippen LogP contribution < -0.4 is 0 Å². The number of hydrogen-bond donors (Lipinski definition) is 0. The first-order chi connectivity index (χ1) is 18.3. The molecule has 256 valence electrons. The van der Waals surface area contributed by atoms with Crippen LogP contribution in [0.4, 0.5) is 0 Å². The highest BCUT2D eigenvalue weighted by Gasteiger charge is 2.39. The van der Waals surface area contributed by atoms with Crippen LogP contribution in [0.1, 0.15) is 54.4 Å². The summed E-state index contributed by atoms with van der Waals surface area (Å²) in [5, 5.41) is 0.592. The molecule has 0 spiro atoms. The van der Waals surface area contributed by atoms with Gasteiger partial charge in [0.05, 0.1) is 0 Å². The summed E-state index contributed by atoms with van der Waals surface area (Å²) >= 11 is 0. The van der Waals surface area contributed by atoms with Crippen LogP contribution in [0.3, 0.4) is 0 Å². The van der Waals surface area contributed by atoms with Crippen LogP contribution in [-0.2, 0) is 25.6 Å². The first kappa shape index (κ1) is 45.4. The highest BCUT2D eigenvalue weighted by Crippen LogP contribution is 2.37. The van der Waals surface area contributed by atoms with Crippen LogP contribution in [0.15, 0.2) is 0 Å². The van der Waals surface area contributed by atoms with E-state index in [9.17, 15) is 0 Å². The Hall–Kier alpha value is 1.28. The Morgan fingerprint density at radius 3 is 1.17 bits per heavy atom. The minimum absolute atomic E-state index is 0.278. The fraction of sp³-hybridized carbons (Fsp3) is 1.00. The van der Waals surface area contributed by atoms with Gasteiger partial charge in [-0.1, -0.05) is 41.5 Å². The van der Waals surface area contributed by atoms with Gasteiger partial charge in [-0.2, -0.15) is 0 Å². The highest BCUT2D eigenvalue weighted by atomic mass is 28.5. The zero-order chi connectivity index (χ0) is 34.1. The summed E-state index contributed by atoms with van der Waals surface area (Å²) in [5.41, 5.74) is 0. The molecule has 0 saturated carbocycles. The average molecular weight is 718 g/mol. The molecule has 1 unspecified atom stereocenters. The predicted molar refractivity (Wildman–Crippen MR) is 204 cm³/mol. The average Bonchev–Trinajstić information content (AvgIpc) is 2.70. The topological polar surface area (TPSA) is 55.4 Å². The second kappa shape index (κ2) is 17.4. The third kappa shape index (κ3) is 21.1. The van der Waals surface area contributed by atoms with E-state index >= 15 is 0 Å². The van der Waals surface area contributed by atoms with Gasteiger partial charge in [0.1, 0.15) is 0 Å². The highest BCUT2D eigenvalue weighted by molar-refractivity contribution is 6.85. The number of hydrogen-bond acceptors (Lipinski definition) is 6. The standard InChI is InChI=1S/C15H40O4Si4.C14H36O2Si3/c1-15(2,3)22(8,9)17-13-12-14-21(6,7)19-23(10,11)18-20(5)16-4;1-14(2,3)19(9,10)15-12-11-13-18(7,8)16-17(4,5)6/h20H,12-14H2,1-11H3;11-13H2,1-10H3. The smallest absolute Gasteiger partial charge is 0.312 e. The molecule has 0 rings (SSSR count). The molecule has 6 nitrogen and oxygen atoms in total. The maximum atomic E-state index is 6.46. The molecule has 0 bridgehead atoms. The molecule has 0 aliphatic rings. The van der Waals surface area contributed by atoms with Gasteiger partial charge in [-0.25, -0.2) is 0 Å². The van der Waals surface area contributed by atoms with Crippen molar-refractivity contribution in [3.05, 3.63) is 0 Å². The van der Waals surface area contributed by atoms with Crippen molar-refractivity contribution < 1.29 is 25.6 Å². The zero-order valence-corrected chi connectivity index (χ0v) is 39.4. The molecule has 0 heterocycles. The Morgan fingerprint density at radius 2 is 0.881 bits per heavy atom. The summed E-state index contributed by atoms with van der Waals surface area (Å²) in [6, 6.07) is 2.33. The van der Waals surface area contributed by atoms with Crippen LogP contribution in [0, 0.1) is 0 Å². The van der Waals surface area contributed by atoms with E-state index in [0.717, 1.165) is 32.1 Å². The zero-order valence-electron chi connectivity index (χ0n) is 32.3. The van der Waals surface area contributed by atoms with Gasteiger partial charge in [0.2, 0.25) is 0 Å².